The number of hydrogen-bond donors (Lipinski definition) is 1. The topological polar surface area (TPSA) is 50.8 Å². The van der Waals surface area contributed by atoms with Crippen LogP contribution in [0.5, 0.6) is 11.5 Å². The van der Waals surface area contributed by atoms with Gasteiger partial charge in [-0.15, -0.1) is 0 Å². The van der Waals surface area contributed by atoms with Crippen LogP contribution in [0.3, 0.4) is 0 Å². The third kappa shape index (κ3) is 4.35. The zero-order valence-corrected chi connectivity index (χ0v) is 15.6. The Morgan fingerprint density at radius 2 is 1.77 bits per heavy atom. The normalized spacial score (nSPS) is 15.4. The molecule has 2 atom stereocenters. The highest BCUT2D eigenvalue weighted by Gasteiger charge is 2.21. The number of nitrogens with one attached hydrogen (secondary N) is 1. The monoisotopic (exact) mass is 354 g/mol. The average Bonchev–Trinajstić information content (AvgIpc) is 2.67. The Labute approximate surface area is 154 Å². The lowest BCUT2D eigenvalue weighted by Gasteiger charge is -2.26. The van der Waals surface area contributed by atoms with Gasteiger partial charge in [0, 0.05) is 6.54 Å². The molecule has 26 heavy (non-hydrogen) atoms. The van der Waals surface area contributed by atoms with Crippen LogP contribution in [-0.2, 0) is 11.3 Å². The molecule has 2 aromatic carbocycles. The largest absolute Gasteiger partial charge is 0.486 e. The summed E-state index contributed by atoms with van der Waals surface area (Å²) < 4.78 is 11.2. The van der Waals surface area contributed by atoms with Gasteiger partial charge in [-0.25, -0.2) is 0 Å². The van der Waals surface area contributed by atoms with Crippen LogP contribution in [0.4, 0.5) is 0 Å². The molecule has 1 aliphatic rings. The maximum atomic E-state index is 12.6. The SMILES string of the molecule is CC(NC(=O)C(C)N(C)Cc1ccc2c(c1)OCCO2)c1ccccc1. The summed E-state index contributed by atoms with van der Waals surface area (Å²) in [4.78, 5) is 14.6. The summed E-state index contributed by atoms with van der Waals surface area (Å²) in [6, 6.07) is 15.7. The molecule has 0 radical (unpaired) electrons. The third-order valence-electron chi connectivity index (χ3n) is 4.74. The van der Waals surface area contributed by atoms with Crippen molar-refractivity contribution in [2.75, 3.05) is 20.3 Å². The standard InChI is InChI=1S/C21H26N2O3/c1-15(18-7-5-4-6-8-18)22-21(24)16(2)23(3)14-17-9-10-19-20(13-17)26-12-11-25-19/h4-10,13,15-16H,11-12,14H2,1-3H3,(H,22,24). The van der Waals surface area contributed by atoms with Crippen molar-refractivity contribution in [2.24, 2.45) is 0 Å². The average molecular weight is 354 g/mol. The Kier molecular flexibility index (Phi) is 5.78. The molecule has 138 valence electrons. The quantitative estimate of drug-likeness (QED) is 0.866. The van der Waals surface area contributed by atoms with Gasteiger partial charge in [0.25, 0.3) is 0 Å². The Morgan fingerprint density at radius 3 is 2.50 bits per heavy atom. The summed E-state index contributed by atoms with van der Waals surface area (Å²) in [7, 11) is 1.95. The second kappa shape index (κ2) is 8.23. The number of fused-ring (bicyclic) bond motifs is 1. The summed E-state index contributed by atoms with van der Waals surface area (Å²) in [5, 5.41) is 3.09. The van der Waals surface area contributed by atoms with Crippen LogP contribution in [0.15, 0.2) is 48.5 Å². The molecule has 0 aliphatic carbocycles. The number of ether oxygens (including phenoxy) is 2. The maximum absolute atomic E-state index is 12.6. The number of amides is 1. The zero-order valence-electron chi connectivity index (χ0n) is 15.6. The molecule has 0 aromatic heterocycles. The fourth-order valence-corrected chi connectivity index (χ4v) is 2.97. The minimum atomic E-state index is -0.241. The lowest BCUT2D eigenvalue weighted by molar-refractivity contribution is -0.126. The van der Waals surface area contributed by atoms with Crippen molar-refractivity contribution in [1.82, 2.24) is 10.2 Å². The molecule has 0 spiro atoms. The molecule has 1 heterocycles. The molecule has 5 nitrogen and oxygen atoms in total. The molecule has 1 amide bonds. The maximum Gasteiger partial charge on any atom is 0.237 e. The van der Waals surface area contributed by atoms with E-state index in [9.17, 15) is 4.79 Å². The van der Waals surface area contributed by atoms with E-state index in [1.807, 2.05) is 74.3 Å². The van der Waals surface area contributed by atoms with Crippen molar-refractivity contribution in [3.8, 4) is 11.5 Å². The first kappa shape index (κ1) is 18.3. The molecule has 0 bridgehead atoms. The number of rotatable bonds is 6. The van der Waals surface area contributed by atoms with E-state index in [-0.39, 0.29) is 18.0 Å². The van der Waals surface area contributed by atoms with Crippen LogP contribution >= 0.6 is 0 Å². The van der Waals surface area contributed by atoms with Crippen LogP contribution in [0.1, 0.15) is 31.0 Å². The summed E-state index contributed by atoms with van der Waals surface area (Å²) in [6.07, 6.45) is 0. The fourth-order valence-electron chi connectivity index (χ4n) is 2.97. The van der Waals surface area contributed by atoms with Crippen LogP contribution in [0.25, 0.3) is 0 Å². The molecule has 3 rings (SSSR count). The van der Waals surface area contributed by atoms with Gasteiger partial charge >= 0.3 is 0 Å². The van der Waals surface area contributed by atoms with E-state index >= 15 is 0 Å². The highest BCUT2D eigenvalue weighted by atomic mass is 16.6. The molecular formula is C21H26N2O3. The highest BCUT2D eigenvalue weighted by Crippen LogP contribution is 2.31. The Morgan fingerprint density at radius 1 is 1.08 bits per heavy atom. The minimum absolute atomic E-state index is 0.0152. The van der Waals surface area contributed by atoms with Crippen molar-refractivity contribution >= 4 is 5.91 Å². The van der Waals surface area contributed by atoms with Gasteiger partial charge in [-0.3, -0.25) is 9.69 Å². The van der Waals surface area contributed by atoms with E-state index in [1.54, 1.807) is 0 Å². The van der Waals surface area contributed by atoms with Crippen molar-refractivity contribution in [3.05, 3.63) is 59.7 Å². The van der Waals surface area contributed by atoms with Gasteiger partial charge in [0.15, 0.2) is 11.5 Å². The first-order valence-electron chi connectivity index (χ1n) is 8.98. The molecule has 0 saturated heterocycles. The predicted molar refractivity (Wildman–Crippen MR) is 101 cm³/mol. The number of carbonyl (C=O) groups excluding carboxylic acids is 1. The fraction of sp³-hybridized carbons (Fsp3) is 0.381. The summed E-state index contributed by atoms with van der Waals surface area (Å²) >= 11 is 0. The van der Waals surface area contributed by atoms with E-state index in [0.717, 1.165) is 22.6 Å². The minimum Gasteiger partial charge on any atom is -0.486 e. The molecule has 5 heteroatoms. The van der Waals surface area contributed by atoms with Gasteiger partial charge in [0.1, 0.15) is 13.2 Å². The van der Waals surface area contributed by atoms with Gasteiger partial charge in [0.2, 0.25) is 5.91 Å². The molecular weight excluding hydrogens is 328 g/mol. The number of nitrogens with zero attached hydrogens (tertiary/aromatic N) is 1. The summed E-state index contributed by atoms with van der Waals surface area (Å²) in [5.41, 5.74) is 2.19. The van der Waals surface area contributed by atoms with Crippen LogP contribution in [0.2, 0.25) is 0 Å². The van der Waals surface area contributed by atoms with Gasteiger partial charge in [-0.2, -0.15) is 0 Å². The smallest absolute Gasteiger partial charge is 0.237 e. The second-order valence-corrected chi connectivity index (χ2v) is 6.71. The second-order valence-electron chi connectivity index (χ2n) is 6.71. The van der Waals surface area contributed by atoms with E-state index < -0.39 is 0 Å². The molecule has 1 aliphatic heterocycles. The van der Waals surface area contributed by atoms with Crippen LogP contribution < -0.4 is 14.8 Å². The summed E-state index contributed by atoms with van der Waals surface area (Å²) in [5.74, 6) is 1.57. The Balaban J connectivity index is 1.58. The Hall–Kier alpha value is -2.53. The van der Waals surface area contributed by atoms with Crippen LogP contribution in [-0.4, -0.2) is 37.1 Å². The lowest BCUT2D eigenvalue weighted by Crippen LogP contribution is -2.43. The Bertz CT molecular complexity index is 748. The predicted octanol–water partition coefficient (Wildman–Crippen LogP) is 3.16. The molecule has 0 saturated carbocycles. The van der Waals surface area contributed by atoms with Crippen molar-refractivity contribution in [2.45, 2.75) is 32.5 Å². The molecule has 2 aromatic rings. The van der Waals surface area contributed by atoms with E-state index in [1.165, 1.54) is 0 Å². The molecule has 0 fully saturated rings. The zero-order chi connectivity index (χ0) is 18.5. The van der Waals surface area contributed by atoms with Gasteiger partial charge in [0.05, 0.1) is 12.1 Å². The summed E-state index contributed by atoms with van der Waals surface area (Å²) in [6.45, 7) is 5.74. The van der Waals surface area contributed by atoms with Gasteiger partial charge in [-0.1, -0.05) is 36.4 Å². The highest BCUT2D eigenvalue weighted by molar-refractivity contribution is 5.81. The van der Waals surface area contributed by atoms with E-state index in [2.05, 4.69) is 5.32 Å². The number of likely N-dealkylation sites (N-methyl/N-ethyl adjacent to an activating group) is 1. The number of hydrogen-bond acceptors (Lipinski definition) is 4. The first-order chi connectivity index (χ1) is 12.5. The molecule has 2 unspecified atom stereocenters. The number of benzene rings is 2. The van der Waals surface area contributed by atoms with Crippen molar-refractivity contribution in [3.63, 3.8) is 0 Å². The van der Waals surface area contributed by atoms with Crippen LogP contribution in [0, 0.1) is 0 Å². The van der Waals surface area contributed by atoms with Gasteiger partial charge in [-0.05, 0) is 44.2 Å². The van der Waals surface area contributed by atoms with E-state index in [4.69, 9.17) is 9.47 Å². The number of carbonyl (C=O) groups is 1. The van der Waals surface area contributed by atoms with Gasteiger partial charge < -0.3 is 14.8 Å². The van der Waals surface area contributed by atoms with Crippen molar-refractivity contribution < 1.29 is 14.3 Å². The lowest BCUT2D eigenvalue weighted by atomic mass is 10.1. The third-order valence-corrected chi connectivity index (χ3v) is 4.74. The molecule has 1 N–H and O–H groups in total. The van der Waals surface area contributed by atoms with E-state index in [0.29, 0.717) is 19.8 Å². The van der Waals surface area contributed by atoms with Crippen molar-refractivity contribution in [1.29, 1.82) is 0 Å². The first-order valence-corrected chi connectivity index (χ1v) is 8.98.